The molecular weight excluding hydrogens is 242 g/mol. The zero-order valence-corrected chi connectivity index (χ0v) is 11.8. The number of hydrogen-bond donors (Lipinski definition) is 1. The maximum atomic E-state index is 4.67. The van der Waals surface area contributed by atoms with Crippen LogP contribution in [0.5, 0.6) is 0 Å². The highest BCUT2D eigenvalue weighted by molar-refractivity contribution is 7.15. The van der Waals surface area contributed by atoms with Crippen molar-refractivity contribution >= 4 is 22.4 Å². The van der Waals surface area contributed by atoms with Crippen LogP contribution in [0.2, 0.25) is 0 Å². The van der Waals surface area contributed by atoms with Crippen LogP contribution >= 0.6 is 11.3 Å². The van der Waals surface area contributed by atoms with E-state index in [0.29, 0.717) is 0 Å². The first kappa shape index (κ1) is 11.4. The summed E-state index contributed by atoms with van der Waals surface area (Å²) in [6.07, 6.45) is 0. The van der Waals surface area contributed by atoms with Gasteiger partial charge in [0.15, 0.2) is 5.82 Å². The topological polar surface area (TPSA) is 41.6 Å². The molecule has 3 nitrogen and oxygen atoms in total. The normalized spacial score (nSPS) is 11.3. The number of thiazole rings is 1. The minimum atomic E-state index is 0.929. The average molecular weight is 257 g/mol. The number of nitrogens with one attached hydrogen (secondary N) is 1. The molecule has 0 fully saturated rings. The second-order valence-corrected chi connectivity index (χ2v) is 5.89. The molecule has 0 aliphatic heterocycles. The van der Waals surface area contributed by atoms with Gasteiger partial charge in [0.2, 0.25) is 0 Å². The van der Waals surface area contributed by atoms with E-state index in [9.17, 15) is 0 Å². The van der Waals surface area contributed by atoms with Crippen LogP contribution in [0.15, 0.2) is 12.1 Å². The predicted octanol–water partition coefficient (Wildman–Crippen LogP) is 3.92. The van der Waals surface area contributed by atoms with Crippen LogP contribution in [0.3, 0.4) is 0 Å². The Labute approximate surface area is 110 Å². The molecule has 0 spiro atoms. The van der Waals surface area contributed by atoms with Crippen molar-refractivity contribution in [3.8, 4) is 10.7 Å². The van der Waals surface area contributed by atoms with E-state index in [2.05, 4.69) is 40.9 Å². The summed E-state index contributed by atoms with van der Waals surface area (Å²) in [6, 6.07) is 4.29. The number of hydrogen-bond acceptors (Lipinski definition) is 3. The van der Waals surface area contributed by atoms with Crippen LogP contribution in [0.1, 0.15) is 21.8 Å². The minimum absolute atomic E-state index is 0.929. The van der Waals surface area contributed by atoms with Crippen LogP contribution in [-0.4, -0.2) is 15.0 Å². The second-order valence-electron chi connectivity index (χ2n) is 4.69. The molecule has 0 unspecified atom stereocenters. The molecule has 1 N–H and O–H groups in total. The van der Waals surface area contributed by atoms with Gasteiger partial charge in [-0.25, -0.2) is 9.97 Å². The Balaban J connectivity index is 2.22. The van der Waals surface area contributed by atoms with Crippen LogP contribution in [-0.2, 0) is 0 Å². The van der Waals surface area contributed by atoms with Gasteiger partial charge in [0, 0.05) is 0 Å². The van der Waals surface area contributed by atoms with Gasteiger partial charge in [0.1, 0.15) is 0 Å². The van der Waals surface area contributed by atoms with Crippen molar-refractivity contribution in [2.45, 2.75) is 27.7 Å². The number of H-pyrrole nitrogens is 1. The summed E-state index contributed by atoms with van der Waals surface area (Å²) in [5.41, 5.74) is 5.73. The lowest BCUT2D eigenvalue weighted by molar-refractivity contribution is 1.19. The van der Waals surface area contributed by atoms with Crippen molar-refractivity contribution in [3.05, 3.63) is 34.0 Å². The highest BCUT2D eigenvalue weighted by Gasteiger charge is 2.12. The Morgan fingerprint density at radius 2 is 1.72 bits per heavy atom. The predicted molar refractivity (Wildman–Crippen MR) is 76.1 cm³/mol. The van der Waals surface area contributed by atoms with Crippen LogP contribution < -0.4 is 0 Å². The van der Waals surface area contributed by atoms with E-state index in [-0.39, 0.29) is 0 Å². The average Bonchev–Trinajstić information content (AvgIpc) is 2.82. The molecule has 0 amide bonds. The number of rotatable bonds is 1. The Morgan fingerprint density at radius 1 is 1.00 bits per heavy atom. The van der Waals surface area contributed by atoms with Gasteiger partial charge < -0.3 is 4.98 Å². The van der Waals surface area contributed by atoms with E-state index in [0.717, 1.165) is 32.4 Å². The van der Waals surface area contributed by atoms with Gasteiger partial charge in [-0.1, -0.05) is 0 Å². The zero-order valence-electron chi connectivity index (χ0n) is 11.0. The van der Waals surface area contributed by atoms with E-state index in [4.69, 9.17) is 0 Å². The molecule has 0 saturated carbocycles. The first-order valence-electron chi connectivity index (χ1n) is 5.96. The summed E-state index contributed by atoms with van der Waals surface area (Å²) >= 11 is 1.69. The molecule has 4 heteroatoms. The van der Waals surface area contributed by atoms with Gasteiger partial charge in [-0.3, -0.25) is 0 Å². The number of fused-ring (bicyclic) bond motifs is 1. The minimum Gasteiger partial charge on any atom is -0.337 e. The molecule has 3 aromatic rings. The summed E-state index contributed by atoms with van der Waals surface area (Å²) in [7, 11) is 0. The van der Waals surface area contributed by atoms with E-state index in [1.807, 2.05) is 13.8 Å². The Hall–Kier alpha value is -1.68. The summed E-state index contributed by atoms with van der Waals surface area (Å²) < 4.78 is 0. The summed E-state index contributed by atoms with van der Waals surface area (Å²) in [4.78, 5) is 13.7. The maximum absolute atomic E-state index is 4.67. The maximum Gasteiger partial charge on any atom is 0.150 e. The third kappa shape index (κ3) is 1.73. The fourth-order valence-corrected chi connectivity index (χ4v) is 2.99. The molecule has 0 atom stereocenters. The Kier molecular flexibility index (Phi) is 2.48. The van der Waals surface area contributed by atoms with Crippen LogP contribution in [0.4, 0.5) is 0 Å². The number of aromatic nitrogens is 3. The molecule has 2 heterocycles. The highest BCUT2D eigenvalue weighted by atomic mass is 32.1. The van der Waals surface area contributed by atoms with E-state index < -0.39 is 0 Å². The monoisotopic (exact) mass is 257 g/mol. The third-order valence-corrected chi connectivity index (χ3v) is 4.30. The molecule has 0 aliphatic carbocycles. The first-order chi connectivity index (χ1) is 8.54. The van der Waals surface area contributed by atoms with E-state index in [1.165, 1.54) is 11.1 Å². The highest BCUT2D eigenvalue weighted by Crippen LogP contribution is 2.29. The standard InChI is InChI=1S/C14H15N3S/c1-7-5-11-12(6-8(7)2)17-14(16-11)13-9(3)15-10(4)18-13/h5-6H,1-4H3,(H,16,17). The lowest BCUT2D eigenvalue weighted by atomic mass is 10.1. The van der Waals surface area contributed by atoms with Crippen molar-refractivity contribution in [2.75, 3.05) is 0 Å². The van der Waals surface area contributed by atoms with Crippen LogP contribution in [0.25, 0.3) is 21.7 Å². The Morgan fingerprint density at radius 3 is 2.39 bits per heavy atom. The van der Waals surface area contributed by atoms with Gasteiger partial charge in [-0.2, -0.15) is 0 Å². The van der Waals surface area contributed by atoms with E-state index in [1.54, 1.807) is 11.3 Å². The van der Waals surface area contributed by atoms with Crippen molar-refractivity contribution in [3.63, 3.8) is 0 Å². The number of aromatic amines is 1. The summed E-state index contributed by atoms with van der Waals surface area (Å²) in [6.45, 7) is 8.29. The smallest absolute Gasteiger partial charge is 0.150 e. The summed E-state index contributed by atoms with van der Waals surface area (Å²) in [5, 5.41) is 1.08. The zero-order chi connectivity index (χ0) is 12.9. The quantitative estimate of drug-likeness (QED) is 0.718. The SMILES string of the molecule is Cc1nc(C)c(-c2nc3cc(C)c(C)cc3[nH]2)s1. The van der Waals surface area contributed by atoms with Crippen molar-refractivity contribution in [1.29, 1.82) is 0 Å². The van der Waals surface area contributed by atoms with Gasteiger partial charge in [0.05, 0.1) is 26.6 Å². The molecule has 0 bridgehead atoms. The number of nitrogens with zero attached hydrogens (tertiary/aromatic N) is 2. The molecular formula is C14H15N3S. The fraction of sp³-hybridized carbons (Fsp3) is 0.286. The van der Waals surface area contributed by atoms with Gasteiger partial charge in [0.25, 0.3) is 0 Å². The first-order valence-corrected chi connectivity index (χ1v) is 6.77. The van der Waals surface area contributed by atoms with Gasteiger partial charge in [-0.15, -0.1) is 11.3 Å². The van der Waals surface area contributed by atoms with Crippen molar-refractivity contribution < 1.29 is 0 Å². The number of benzene rings is 1. The van der Waals surface area contributed by atoms with E-state index >= 15 is 0 Å². The molecule has 1 aromatic carbocycles. The molecule has 0 aliphatic rings. The van der Waals surface area contributed by atoms with Crippen molar-refractivity contribution in [2.24, 2.45) is 0 Å². The van der Waals surface area contributed by atoms with Gasteiger partial charge >= 0.3 is 0 Å². The molecule has 3 rings (SSSR count). The van der Waals surface area contributed by atoms with Crippen LogP contribution in [0, 0.1) is 27.7 Å². The number of aryl methyl sites for hydroxylation is 4. The number of imidazole rings is 1. The van der Waals surface area contributed by atoms with Gasteiger partial charge in [-0.05, 0) is 51.0 Å². The Bertz CT molecular complexity index is 698. The lowest BCUT2D eigenvalue weighted by Crippen LogP contribution is -1.79. The lowest BCUT2D eigenvalue weighted by Gasteiger charge is -1.97. The fourth-order valence-electron chi connectivity index (χ4n) is 2.13. The third-order valence-electron chi connectivity index (χ3n) is 3.22. The molecule has 0 saturated heterocycles. The largest absolute Gasteiger partial charge is 0.337 e. The van der Waals surface area contributed by atoms with Crippen molar-refractivity contribution in [1.82, 2.24) is 15.0 Å². The summed E-state index contributed by atoms with van der Waals surface area (Å²) in [5.74, 6) is 0.929. The molecule has 2 aromatic heterocycles. The second kappa shape index (κ2) is 3.92. The molecule has 0 radical (unpaired) electrons. The molecule has 18 heavy (non-hydrogen) atoms. The molecule has 92 valence electrons.